The van der Waals surface area contributed by atoms with Crippen molar-refractivity contribution in [2.45, 2.75) is 40.0 Å². The molecule has 32 heavy (non-hydrogen) atoms. The normalized spacial score (nSPS) is 11.6. The third-order valence-electron chi connectivity index (χ3n) is 4.99. The van der Waals surface area contributed by atoms with E-state index < -0.39 is 5.78 Å². The second kappa shape index (κ2) is 11.1. The van der Waals surface area contributed by atoms with Gasteiger partial charge < -0.3 is 25.2 Å². The van der Waals surface area contributed by atoms with Crippen LogP contribution in [0.15, 0.2) is 53.6 Å². The Morgan fingerprint density at radius 2 is 1.72 bits per heavy atom. The van der Waals surface area contributed by atoms with Gasteiger partial charge in [0.05, 0.1) is 12.7 Å². The number of carbonyl (C=O) groups excluding carboxylic acids is 1. The number of phenolic OH excluding ortho intramolecular Hbond substituents is 4. The van der Waals surface area contributed by atoms with Crippen molar-refractivity contribution in [3.63, 3.8) is 0 Å². The van der Waals surface area contributed by atoms with Crippen LogP contribution in [0.1, 0.15) is 55.1 Å². The number of phenols is 4. The average molecular weight is 439 g/mol. The Morgan fingerprint density at radius 1 is 1.00 bits per heavy atom. The molecule has 0 heterocycles. The summed E-state index contributed by atoms with van der Waals surface area (Å²) in [5.74, 6) is -1.18. The van der Waals surface area contributed by atoms with E-state index in [-0.39, 0.29) is 51.9 Å². The first-order valence-corrected chi connectivity index (χ1v) is 10.3. The van der Waals surface area contributed by atoms with E-state index in [0.717, 1.165) is 18.4 Å². The number of allylic oxidation sites excluding steroid dienone is 5. The summed E-state index contributed by atoms with van der Waals surface area (Å²) in [5, 5.41) is 40.6. The fraction of sp³-hybridized carbons (Fsp3) is 0.269. The van der Waals surface area contributed by atoms with Crippen molar-refractivity contribution < 1.29 is 30.0 Å². The molecule has 0 spiro atoms. The van der Waals surface area contributed by atoms with Crippen LogP contribution in [0.3, 0.4) is 0 Å². The fourth-order valence-electron chi connectivity index (χ4n) is 3.13. The molecular weight excluding hydrogens is 408 g/mol. The van der Waals surface area contributed by atoms with Crippen molar-refractivity contribution in [1.29, 1.82) is 0 Å². The third-order valence-corrected chi connectivity index (χ3v) is 4.99. The molecule has 6 heteroatoms. The van der Waals surface area contributed by atoms with Crippen LogP contribution < -0.4 is 4.74 Å². The third kappa shape index (κ3) is 6.41. The molecule has 170 valence electrons. The summed E-state index contributed by atoms with van der Waals surface area (Å²) in [6.45, 7) is 6.06. The van der Waals surface area contributed by atoms with Gasteiger partial charge in [-0.3, -0.25) is 4.79 Å². The molecule has 0 bridgehead atoms. The Hall–Kier alpha value is -3.67. The topological polar surface area (TPSA) is 107 Å². The maximum Gasteiger partial charge on any atom is 0.189 e. The smallest absolute Gasteiger partial charge is 0.189 e. The van der Waals surface area contributed by atoms with Gasteiger partial charge in [-0.05, 0) is 76.5 Å². The zero-order valence-corrected chi connectivity index (χ0v) is 18.8. The van der Waals surface area contributed by atoms with Crippen LogP contribution >= 0.6 is 0 Å². The number of methoxy groups -OCH3 is 1. The zero-order chi connectivity index (χ0) is 23.8. The van der Waals surface area contributed by atoms with Gasteiger partial charge >= 0.3 is 0 Å². The van der Waals surface area contributed by atoms with Crippen molar-refractivity contribution in [1.82, 2.24) is 0 Å². The quantitative estimate of drug-likeness (QED) is 0.174. The minimum Gasteiger partial charge on any atom is -0.508 e. The molecule has 2 aromatic carbocycles. The molecular formula is C26H30O6. The molecule has 0 aliphatic rings. The number of benzene rings is 2. The largest absolute Gasteiger partial charge is 0.508 e. The first-order valence-electron chi connectivity index (χ1n) is 10.3. The number of ether oxygens (including phenoxy) is 1. The van der Waals surface area contributed by atoms with Gasteiger partial charge in [0.25, 0.3) is 0 Å². The van der Waals surface area contributed by atoms with Crippen LogP contribution in [0.25, 0.3) is 6.08 Å². The molecule has 6 nitrogen and oxygen atoms in total. The van der Waals surface area contributed by atoms with Crippen LogP contribution in [0.4, 0.5) is 0 Å². The second-order valence-corrected chi connectivity index (χ2v) is 7.82. The predicted molar refractivity (Wildman–Crippen MR) is 126 cm³/mol. The predicted octanol–water partition coefficient (Wildman–Crippen LogP) is 5.65. The molecule has 0 unspecified atom stereocenters. The van der Waals surface area contributed by atoms with Crippen molar-refractivity contribution >= 4 is 11.9 Å². The molecule has 0 aliphatic carbocycles. The van der Waals surface area contributed by atoms with E-state index in [9.17, 15) is 25.2 Å². The molecule has 0 radical (unpaired) electrons. The highest BCUT2D eigenvalue weighted by atomic mass is 16.5. The highest BCUT2D eigenvalue weighted by Gasteiger charge is 2.20. The van der Waals surface area contributed by atoms with Crippen molar-refractivity contribution in [3.05, 3.63) is 70.3 Å². The lowest BCUT2D eigenvalue weighted by atomic mass is 9.98. The first-order chi connectivity index (χ1) is 15.1. The number of aromatic hydroxyl groups is 4. The van der Waals surface area contributed by atoms with Crippen molar-refractivity contribution in [2.24, 2.45) is 0 Å². The Morgan fingerprint density at radius 3 is 2.38 bits per heavy atom. The second-order valence-electron chi connectivity index (χ2n) is 7.82. The van der Waals surface area contributed by atoms with Gasteiger partial charge in [-0.25, -0.2) is 0 Å². The lowest BCUT2D eigenvalue weighted by Crippen LogP contribution is -2.00. The number of rotatable bonds is 9. The van der Waals surface area contributed by atoms with E-state index in [1.807, 2.05) is 26.8 Å². The van der Waals surface area contributed by atoms with Crippen molar-refractivity contribution in [3.8, 4) is 28.7 Å². The van der Waals surface area contributed by atoms with E-state index >= 15 is 0 Å². The SMILES string of the molecule is COc1cc(C(=O)C=Cc2cc(O)ccc2O)c(O)c(CC=C(C)CCC=C(C)C)c1O. The van der Waals surface area contributed by atoms with Crippen LogP contribution in [0, 0.1) is 0 Å². The summed E-state index contributed by atoms with van der Waals surface area (Å²) in [5.41, 5.74) is 2.75. The maximum atomic E-state index is 12.8. The molecule has 0 aromatic heterocycles. The Kier molecular flexibility index (Phi) is 8.53. The van der Waals surface area contributed by atoms with Crippen LogP contribution in [0.5, 0.6) is 28.7 Å². The zero-order valence-electron chi connectivity index (χ0n) is 18.8. The first kappa shape index (κ1) is 24.6. The summed E-state index contributed by atoms with van der Waals surface area (Å²) in [4.78, 5) is 12.8. The van der Waals surface area contributed by atoms with E-state index in [4.69, 9.17) is 4.74 Å². The number of ketones is 1. The molecule has 0 saturated heterocycles. The lowest BCUT2D eigenvalue weighted by Gasteiger charge is -2.13. The number of carbonyl (C=O) groups is 1. The van der Waals surface area contributed by atoms with E-state index in [1.54, 1.807) is 0 Å². The standard InChI is InChI=1S/C26H30O6/c1-16(2)6-5-7-17(3)8-11-20-25(30)21(15-24(32-4)26(20)31)23(29)12-9-18-14-19(27)10-13-22(18)28/h6,8-10,12-15,27-28,30-31H,5,7,11H2,1-4H3. The fourth-order valence-corrected chi connectivity index (χ4v) is 3.13. The summed E-state index contributed by atoms with van der Waals surface area (Å²) in [7, 11) is 1.37. The van der Waals surface area contributed by atoms with Gasteiger partial charge in [-0.1, -0.05) is 23.3 Å². The minimum atomic E-state index is -0.547. The highest BCUT2D eigenvalue weighted by Crippen LogP contribution is 2.40. The Bertz CT molecular complexity index is 1070. The van der Waals surface area contributed by atoms with Crippen LogP contribution in [-0.4, -0.2) is 33.3 Å². The van der Waals surface area contributed by atoms with Gasteiger partial charge in [-0.15, -0.1) is 0 Å². The molecule has 0 amide bonds. The lowest BCUT2D eigenvalue weighted by molar-refractivity contribution is 0.104. The molecule has 4 N–H and O–H groups in total. The Labute approximate surface area is 188 Å². The number of hydrogen-bond acceptors (Lipinski definition) is 6. The minimum absolute atomic E-state index is 0.0406. The molecule has 0 saturated carbocycles. The Balaban J connectivity index is 2.34. The molecule has 0 atom stereocenters. The summed E-state index contributed by atoms with van der Waals surface area (Å²) < 4.78 is 5.19. The van der Waals surface area contributed by atoms with E-state index in [0.29, 0.717) is 0 Å². The summed E-state index contributed by atoms with van der Waals surface area (Å²) in [6, 6.07) is 5.22. The van der Waals surface area contributed by atoms with Crippen molar-refractivity contribution in [2.75, 3.05) is 7.11 Å². The van der Waals surface area contributed by atoms with Gasteiger partial charge in [0.15, 0.2) is 17.3 Å². The molecule has 2 rings (SSSR count). The van der Waals surface area contributed by atoms with E-state index in [2.05, 4.69) is 6.08 Å². The maximum absolute atomic E-state index is 12.8. The van der Waals surface area contributed by atoms with Gasteiger partial charge in [0.2, 0.25) is 0 Å². The van der Waals surface area contributed by atoms with Crippen LogP contribution in [0.2, 0.25) is 0 Å². The van der Waals surface area contributed by atoms with Gasteiger partial charge in [0, 0.05) is 11.1 Å². The van der Waals surface area contributed by atoms with Crippen LogP contribution in [-0.2, 0) is 6.42 Å². The van der Waals surface area contributed by atoms with Gasteiger partial charge in [-0.2, -0.15) is 0 Å². The molecule has 0 aliphatic heterocycles. The average Bonchev–Trinajstić information content (AvgIpc) is 2.74. The number of hydrogen-bond donors (Lipinski definition) is 4. The van der Waals surface area contributed by atoms with Gasteiger partial charge in [0.1, 0.15) is 17.2 Å². The summed E-state index contributed by atoms with van der Waals surface area (Å²) >= 11 is 0. The molecule has 0 fully saturated rings. The molecule has 2 aromatic rings. The highest BCUT2D eigenvalue weighted by molar-refractivity contribution is 6.09. The van der Waals surface area contributed by atoms with E-state index in [1.165, 1.54) is 49.1 Å². The monoisotopic (exact) mass is 438 g/mol. The summed E-state index contributed by atoms with van der Waals surface area (Å²) in [6.07, 6.45) is 8.53.